The molecule has 3 amide bonds. The van der Waals surface area contributed by atoms with E-state index in [-0.39, 0.29) is 17.9 Å². The fraction of sp³-hybridized carbons (Fsp3) is 0.632. The Morgan fingerprint density at radius 2 is 2.12 bits per heavy atom. The fourth-order valence-corrected chi connectivity index (χ4v) is 3.60. The van der Waals surface area contributed by atoms with Gasteiger partial charge in [0.25, 0.3) is 0 Å². The summed E-state index contributed by atoms with van der Waals surface area (Å²) in [6.07, 6.45) is 2.84. The highest BCUT2D eigenvalue weighted by Gasteiger charge is 2.43. The van der Waals surface area contributed by atoms with Gasteiger partial charge in [0, 0.05) is 32.3 Å². The molecular formula is C19H28N4O3. The van der Waals surface area contributed by atoms with Crippen LogP contribution in [0.25, 0.3) is 0 Å². The Bertz CT molecular complexity index is 631. The third-order valence-electron chi connectivity index (χ3n) is 5.45. The number of ether oxygens (including phenoxy) is 1. The lowest BCUT2D eigenvalue weighted by Gasteiger charge is -2.46. The van der Waals surface area contributed by atoms with Gasteiger partial charge in [-0.2, -0.15) is 0 Å². The van der Waals surface area contributed by atoms with E-state index in [1.807, 2.05) is 23.1 Å². The second-order valence-corrected chi connectivity index (χ2v) is 7.41. The highest BCUT2D eigenvalue weighted by Crippen LogP contribution is 2.30. The lowest BCUT2D eigenvalue weighted by Crippen LogP contribution is -2.65. The minimum absolute atomic E-state index is 0.0610. The van der Waals surface area contributed by atoms with E-state index in [0.29, 0.717) is 52.2 Å². The first-order valence-corrected chi connectivity index (χ1v) is 9.33. The summed E-state index contributed by atoms with van der Waals surface area (Å²) in [7, 11) is 0. The molecule has 2 aliphatic heterocycles. The van der Waals surface area contributed by atoms with Crippen LogP contribution in [0, 0.1) is 5.92 Å². The molecule has 0 aliphatic carbocycles. The Morgan fingerprint density at radius 1 is 1.35 bits per heavy atom. The number of urea groups is 1. The Kier molecular flexibility index (Phi) is 5.76. The Morgan fingerprint density at radius 3 is 2.77 bits per heavy atom. The van der Waals surface area contributed by atoms with Crippen LogP contribution >= 0.6 is 0 Å². The molecule has 1 aromatic rings. The number of carbonyl (C=O) groups excluding carboxylic acids is 2. The summed E-state index contributed by atoms with van der Waals surface area (Å²) in [5.41, 5.74) is 0.442. The van der Waals surface area contributed by atoms with Gasteiger partial charge >= 0.3 is 6.03 Å². The van der Waals surface area contributed by atoms with Crippen LogP contribution in [-0.4, -0.2) is 65.1 Å². The first-order chi connectivity index (χ1) is 12.5. The SMILES string of the molecule is CC(C)C1(NC(=O)N2CCOCC2)CCC(=O)N(Cc2ccccn2)C1. The van der Waals surface area contributed by atoms with Crippen LogP contribution in [0.3, 0.4) is 0 Å². The molecule has 1 unspecified atom stereocenters. The molecule has 2 fully saturated rings. The molecule has 26 heavy (non-hydrogen) atoms. The second kappa shape index (κ2) is 8.03. The van der Waals surface area contributed by atoms with Crippen molar-refractivity contribution in [3.8, 4) is 0 Å². The summed E-state index contributed by atoms with van der Waals surface area (Å²) in [5.74, 6) is 0.333. The number of carbonyl (C=O) groups is 2. The quantitative estimate of drug-likeness (QED) is 0.886. The summed E-state index contributed by atoms with van der Waals surface area (Å²) in [6.45, 7) is 7.56. The van der Waals surface area contributed by atoms with Crippen molar-refractivity contribution < 1.29 is 14.3 Å². The molecule has 2 aliphatic rings. The molecule has 1 atom stereocenters. The van der Waals surface area contributed by atoms with E-state index in [4.69, 9.17) is 4.74 Å². The number of nitrogens with one attached hydrogen (secondary N) is 1. The predicted octanol–water partition coefficient (Wildman–Crippen LogP) is 1.64. The number of hydrogen-bond acceptors (Lipinski definition) is 4. The van der Waals surface area contributed by atoms with Crippen LogP contribution in [-0.2, 0) is 16.1 Å². The molecule has 1 N–H and O–H groups in total. The number of piperidine rings is 1. The zero-order valence-electron chi connectivity index (χ0n) is 15.6. The summed E-state index contributed by atoms with van der Waals surface area (Å²) < 4.78 is 5.33. The molecule has 0 aromatic carbocycles. The van der Waals surface area contributed by atoms with Gasteiger partial charge in [0.2, 0.25) is 5.91 Å². The van der Waals surface area contributed by atoms with E-state index in [1.54, 1.807) is 11.1 Å². The van der Waals surface area contributed by atoms with Gasteiger partial charge in [0.1, 0.15) is 0 Å². The molecule has 3 heterocycles. The zero-order chi connectivity index (χ0) is 18.6. The number of nitrogens with zero attached hydrogens (tertiary/aromatic N) is 3. The van der Waals surface area contributed by atoms with Crippen molar-refractivity contribution >= 4 is 11.9 Å². The second-order valence-electron chi connectivity index (χ2n) is 7.41. The average molecular weight is 360 g/mol. The van der Waals surface area contributed by atoms with Gasteiger partial charge in [0.15, 0.2) is 0 Å². The van der Waals surface area contributed by atoms with Crippen molar-refractivity contribution in [2.45, 2.75) is 38.8 Å². The van der Waals surface area contributed by atoms with Crippen molar-refractivity contribution in [3.05, 3.63) is 30.1 Å². The molecule has 0 bridgehead atoms. The molecule has 0 saturated carbocycles. The van der Waals surface area contributed by atoms with Crippen molar-refractivity contribution in [2.75, 3.05) is 32.8 Å². The minimum atomic E-state index is -0.419. The highest BCUT2D eigenvalue weighted by molar-refractivity contribution is 5.79. The first kappa shape index (κ1) is 18.6. The van der Waals surface area contributed by atoms with Gasteiger partial charge in [-0.1, -0.05) is 19.9 Å². The number of aromatic nitrogens is 1. The molecule has 3 rings (SSSR count). The molecule has 142 valence electrons. The van der Waals surface area contributed by atoms with Gasteiger partial charge in [-0.05, 0) is 24.5 Å². The van der Waals surface area contributed by atoms with Gasteiger partial charge in [-0.3, -0.25) is 9.78 Å². The van der Waals surface area contributed by atoms with Gasteiger partial charge in [-0.25, -0.2) is 4.79 Å². The molecule has 7 heteroatoms. The topological polar surface area (TPSA) is 74.8 Å². The van der Waals surface area contributed by atoms with Gasteiger partial charge in [-0.15, -0.1) is 0 Å². The van der Waals surface area contributed by atoms with Gasteiger partial charge in [0.05, 0.1) is 31.0 Å². The van der Waals surface area contributed by atoms with E-state index in [0.717, 1.165) is 5.69 Å². The predicted molar refractivity (Wildman–Crippen MR) is 97.4 cm³/mol. The lowest BCUT2D eigenvalue weighted by atomic mass is 9.79. The summed E-state index contributed by atoms with van der Waals surface area (Å²) >= 11 is 0. The smallest absolute Gasteiger partial charge is 0.318 e. The Hall–Kier alpha value is -2.15. The van der Waals surface area contributed by atoms with Crippen molar-refractivity contribution in [1.29, 1.82) is 0 Å². The highest BCUT2D eigenvalue weighted by atomic mass is 16.5. The van der Waals surface area contributed by atoms with Crippen molar-refractivity contribution in [3.63, 3.8) is 0 Å². The Balaban J connectivity index is 1.72. The molecule has 1 aromatic heterocycles. The van der Waals surface area contributed by atoms with E-state index in [9.17, 15) is 9.59 Å². The van der Waals surface area contributed by atoms with Crippen LogP contribution < -0.4 is 5.32 Å². The fourth-order valence-electron chi connectivity index (χ4n) is 3.60. The van der Waals surface area contributed by atoms with E-state index in [2.05, 4.69) is 24.1 Å². The monoisotopic (exact) mass is 360 g/mol. The van der Waals surface area contributed by atoms with Crippen molar-refractivity contribution in [2.24, 2.45) is 5.92 Å². The summed E-state index contributed by atoms with van der Waals surface area (Å²) in [4.78, 5) is 33.2. The number of rotatable bonds is 4. The van der Waals surface area contributed by atoms with Crippen LogP contribution in [0.1, 0.15) is 32.4 Å². The maximum absolute atomic E-state index is 12.8. The normalized spacial score (nSPS) is 24.0. The number of pyridine rings is 1. The molecule has 2 saturated heterocycles. The summed E-state index contributed by atoms with van der Waals surface area (Å²) in [6, 6.07) is 5.65. The third-order valence-corrected chi connectivity index (χ3v) is 5.45. The zero-order valence-corrected chi connectivity index (χ0v) is 15.6. The van der Waals surface area contributed by atoms with Crippen LogP contribution in [0.2, 0.25) is 0 Å². The van der Waals surface area contributed by atoms with Gasteiger partial charge < -0.3 is 19.9 Å². The lowest BCUT2D eigenvalue weighted by molar-refractivity contribution is -0.137. The van der Waals surface area contributed by atoms with Crippen LogP contribution in [0.15, 0.2) is 24.4 Å². The Labute approximate surface area is 154 Å². The number of likely N-dealkylation sites (tertiary alicyclic amines) is 1. The molecule has 0 radical (unpaired) electrons. The van der Waals surface area contributed by atoms with Crippen LogP contribution in [0.5, 0.6) is 0 Å². The molecule has 0 spiro atoms. The van der Waals surface area contributed by atoms with E-state index in [1.165, 1.54) is 0 Å². The van der Waals surface area contributed by atoms with E-state index >= 15 is 0 Å². The largest absolute Gasteiger partial charge is 0.378 e. The molecule has 7 nitrogen and oxygen atoms in total. The summed E-state index contributed by atoms with van der Waals surface area (Å²) in [5, 5.41) is 3.25. The maximum Gasteiger partial charge on any atom is 0.318 e. The van der Waals surface area contributed by atoms with E-state index < -0.39 is 5.54 Å². The average Bonchev–Trinajstić information content (AvgIpc) is 2.66. The number of hydrogen-bond donors (Lipinski definition) is 1. The van der Waals surface area contributed by atoms with Crippen molar-refractivity contribution in [1.82, 2.24) is 20.1 Å². The third kappa shape index (κ3) is 4.15. The van der Waals surface area contributed by atoms with Crippen LogP contribution in [0.4, 0.5) is 4.79 Å². The number of amides is 3. The first-order valence-electron chi connectivity index (χ1n) is 9.33. The minimum Gasteiger partial charge on any atom is -0.378 e. The maximum atomic E-state index is 12.8. The molecular weight excluding hydrogens is 332 g/mol. The standard InChI is InChI=1S/C19H28N4O3/c1-15(2)19(21-18(25)22-9-11-26-12-10-22)7-6-17(24)23(14-19)13-16-5-3-4-8-20-16/h3-5,8,15H,6-7,9-14H2,1-2H3,(H,21,25). The number of morpholine rings is 1.